The van der Waals surface area contributed by atoms with Crippen LogP contribution in [0.15, 0.2) is 18.5 Å². The molecule has 160 valence electrons. The minimum atomic E-state index is -3.01. The van der Waals surface area contributed by atoms with Gasteiger partial charge in [-0.25, -0.2) is 18.4 Å². The van der Waals surface area contributed by atoms with Crippen molar-refractivity contribution in [3.05, 3.63) is 18.5 Å². The van der Waals surface area contributed by atoms with E-state index in [-0.39, 0.29) is 29.5 Å². The highest BCUT2D eigenvalue weighted by Crippen LogP contribution is 2.28. The molecule has 2 aliphatic heterocycles. The summed E-state index contributed by atoms with van der Waals surface area (Å²) in [5, 5.41) is 0. The Morgan fingerprint density at radius 2 is 1.69 bits per heavy atom. The maximum atomic E-state index is 13.3. The summed E-state index contributed by atoms with van der Waals surface area (Å²) < 4.78 is 24.1. The van der Waals surface area contributed by atoms with E-state index in [4.69, 9.17) is 0 Å². The standard InChI is InChI=1S/C20H31N5O3S/c26-19(15-23-10-12-24(13-11-23)20-21-8-4-9-22-20)25(17-5-2-1-3-6-17)18-7-14-29(27,28)16-18/h4,8-9,17-18H,1-3,5-7,10-16H2. The van der Waals surface area contributed by atoms with Crippen molar-refractivity contribution in [3.8, 4) is 0 Å². The first-order chi connectivity index (χ1) is 14.0. The molecular formula is C20H31N5O3S. The predicted octanol–water partition coefficient (Wildman–Crippen LogP) is 0.947. The Morgan fingerprint density at radius 1 is 1.00 bits per heavy atom. The van der Waals surface area contributed by atoms with Gasteiger partial charge in [0.25, 0.3) is 0 Å². The van der Waals surface area contributed by atoms with Crippen molar-refractivity contribution >= 4 is 21.7 Å². The Kier molecular flexibility index (Phi) is 6.34. The first-order valence-corrected chi connectivity index (χ1v) is 12.6. The van der Waals surface area contributed by atoms with Crippen molar-refractivity contribution in [3.63, 3.8) is 0 Å². The topological polar surface area (TPSA) is 86.7 Å². The van der Waals surface area contributed by atoms with Crippen LogP contribution >= 0.6 is 0 Å². The van der Waals surface area contributed by atoms with E-state index in [0.29, 0.717) is 13.0 Å². The summed E-state index contributed by atoms with van der Waals surface area (Å²) in [5.41, 5.74) is 0. The predicted molar refractivity (Wildman–Crippen MR) is 111 cm³/mol. The number of anilines is 1. The van der Waals surface area contributed by atoms with Gasteiger partial charge >= 0.3 is 0 Å². The smallest absolute Gasteiger partial charge is 0.237 e. The normalized spacial score (nSPS) is 25.8. The van der Waals surface area contributed by atoms with Gasteiger partial charge in [-0.1, -0.05) is 19.3 Å². The van der Waals surface area contributed by atoms with Crippen LogP contribution in [0.25, 0.3) is 0 Å². The number of piperazine rings is 1. The van der Waals surface area contributed by atoms with Gasteiger partial charge in [0, 0.05) is 50.7 Å². The number of aromatic nitrogens is 2. The highest BCUT2D eigenvalue weighted by molar-refractivity contribution is 7.91. The van der Waals surface area contributed by atoms with Crippen molar-refractivity contribution < 1.29 is 13.2 Å². The van der Waals surface area contributed by atoms with E-state index >= 15 is 0 Å². The summed E-state index contributed by atoms with van der Waals surface area (Å²) in [6.45, 7) is 3.52. The number of hydrogen-bond acceptors (Lipinski definition) is 7. The van der Waals surface area contributed by atoms with Crippen molar-refractivity contribution in [2.45, 2.75) is 50.6 Å². The minimum absolute atomic E-state index is 0.100. The lowest BCUT2D eigenvalue weighted by Crippen LogP contribution is -2.54. The van der Waals surface area contributed by atoms with Crippen molar-refractivity contribution in [2.24, 2.45) is 0 Å². The van der Waals surface area contributed by atoms with Gasteiger partial charge in [0.05, 0.1) is 18.1 Å². The molecule has 0 aromatic carbocycles. The molecule has 29 heavy (non-hydrogen) atoms. The lowest BCUT2D eigenvalue weighted by atomic mass is 9.92. The number of hydrogen-bond donors (Lipinski definition) is 0. The SMILES string of the molecule is O=C(CN1CCN(c2ncccn2)CC1)N(C1CCCCC1)C1CCS(=O)(=O)C1. The lowest BCUT2D eigenvalue weighted by Gasteiger charge is -2.40. The molecule has 0 radical (unpaired) electrons. The molecule has 9 heteroatoms. The average Bonchev–Trinajstić information content (AvgIpc) is 3.09. The number of carbonyl (C=O) groups is 1. The van der Waals surface area contributed by atoms with E-state index in [1.807, 2.05) is 11.0 Å². The Morgan fingerprint density at radius 3 is 2.31 bits per heavy atom. The minimum Gasteiger partial charge on any atom is -0.338 e. The second kappa shape index (κ2) is 8.95. The molecule has 0 spiro atoms. The number of nitrogens with zero attached hydrogens (tertiary/aromatic N) is 5. The molecule has 0 bridgehead atoms. The molecule has 0 N–H and O–H groups in total. The number of amides is 1. The Balaban J connectivity index is 1.38. The first kappa shape index (κ1) is 20.5. The van der Waals surface area contributed by atoms with Crippen LogP contribution in [0.2, 0.25) is 0 Å². The molecule has 8 nitrogen and oxygen atoms in total. The third-order valence-corrected chi connectivity index (χ3v) is 8.17. The fourth-order valence-corrected chi connectivity index (χ4v) is 6.60. The van der Waals surface area contributed by atoms with Crippen LogP contribution in [0.4, 0.5) is 5.95 Å². The van der Waals surface area contributed by atoms with E-state index in [0.717, 1.165) is 57.8 Å². The molecule has 3 fully saturated rings. The highest BCUT2D eigenvalue weighted by Gasteiger charge is 2.39. The van der Waals surface area contributed by atoms with Crippen LogP contribution in [0, 0.1) is 0 Å². The third kappa shape index (κ3) is 5.06. The van der Waals surface area contributed by atoms with Gasteiger partial charge in [0.2, 0.25) is 11.9 Å². The molecule has 1 unspecified atom stereocenters. The molecule has 1 aromatic heterocycles. The average molecular weight is 422 g/mol. The summed E-state index contributed by atoms with van der Waals surface area (Å²) in [6.07, 6.45) is 9.55. The summed E-state index contributed by atoms with van der Waals surface area (Å²) in [4.78, 5) is 28.2. The molecule has 4 rings (SSSR count). The van der Waals surface area contributed by atoms with Crippen molar-refractivity contribution in [1.82, 2.24) is 19.8 Å². The molecule has 3 heterocycles. The molecule has 2 saturated heterocycles. The number of sulfone groups is 1. The number of rotatable bonds is 5. The van der Waals surface area contributed by atoms with E-state index in [9.17, 15) is 13.2 Å². The Hall–Kier alpha value is -1.74. The molecule has 1 aromatic rings. The Labute approximate surface area is 173 Å². The molecule has 1 aliphatic carbocycles. The van der Waals surface area contributed by atoms with E-state index in [2.05, 4.69) is 19.8 Å². The molecule has 1 saturated carbocycles. The zero-order chi connectivity index (χ0) is 20.3. The van der Waals surface area contributed by atoms with E-state index in [1.165, 1.54) is 6.42 Å². The monoisotopic (exact) mass is 421 g/mol. The molecule has 1 atom stereocenters. The molecule has 3 aliphatic rings. The molecular weight excluding hydrogens is 390 g/mol. The van der Waals surface area contributed by atoms with Crippen LogP contribution in [0.1, 0.15) is 38.5 Å². The van der Waals surface area contributed by atoms with Crippen molar-refractivity contribution in [1.29, 1.82) is 0 Å². The fourth-order valence-electron chi connectivity index (χ4n) is 4.89. The lowest BCUT2D eigenvalue weighted by molar-refractivity contribution is -0.137. The maximum Gasteiger partial charge on any atom is 0.237 e. The van der Waals surface area contributed by atoms with E-state index in [1.54, 1.807) is 12.4 Å². The molecule has 1 amide bonds. The second-order valence-electron chi connectivity index (χ2n) is 8.46. The quantitative estimate of drug-likeness (QED) is 0.699. The van der Waals surface area contributed by atoms with Crippen LogP contribution in [-0.4, -0.2) is 90.4 Å². The van der Waals surface area contributed by atoms with Crippen molar-refractivity contribution in [2.75, 3.05) is 49.1 Å². The van der Waals surface area contributed by atoms with Crippen LogP contribution < -0.4 is 4.90 Å². The highest BCUT2D eigenvalue weighted by atomic mass is 32.2. The fraction of sp³-hybridized carbons (Fsp3) is 0.750. The first-order valence-electron chi connectivity index (χ1n) is 10.8. The van der Waals surface area contributed by atoms with Crippen LogP contribution in [0.3, 0.4) is 0 Å². The van der Waals surface area contributed by atoms with Gasteiger partial charge in [0.1, 0.15) is 0 Å². The maximum absolute atomic E-state index is 13.3. The summed E-state index contributed by atoms with van der Waals surface area (Å²) in [7, 11) is -3.01. The van der Waals surface area contributed by atoms with Gasteiger partial charge in [-0.3, -0.25) is 9.69 Å². The number of carbonyl (C=O) groups excluding carboxylic acids is 1. The zero-order valence-corrected chi connectivity index (χ0v) is 17.8. The van der Waals surface area contributed by atoms with E-state index < -0.39 is 9.84 Å². The van der Waals surface area contributed by atoms with Gasteiger partial charge in [-0.15, -0.1) is 0 Å². The summed E-state index contributed by atoms with van der Waals surface area (Å²) >= 11 is 0. The van der Waals surface area contributed by atoms with Gasteiger partial charge in [-0.05, 0) is 25.3 Å². The van der Waals surface area contributed by atoms with Gasteiger partial charge < -0.3 is 9.80 Å². The second-order valence-corrected chi connectivity index (χ2v) is 10.7. The Bertz CT molecular complexity index is 790. The summed E-state index contributed by atoms with van der Waals surface area (Å²) in [6, 6.07) is 1.87. The van der Waals surface area contributed by atoms with Gasteiger partial charge in [-0.2, -0.15) is 0 Å². The summed E-state index contributed by atoms with van der Waals surface area (Å²) in [5.74, 6) is 1.18. The zero-order valence-electron chi connectivity index (χ0n) is 16.9. The van der Waals surface area contributed by atoms with Gasteiger partial charge in [0.15, 0.2) is 9.84 Å². The third-order valence-electron chi connectivity index (χ3n) is 6.42. The van der Waals surface area contributed by atoms with Crippen LogP contribution in [-0.2, 0) is 14.6 Å². The largest absolute Gasteiger partial charge is 0.338 e. The van der Waals surface area contributed by atoms with Crippen LogP contribution in [0.5, 0.6) is 0 Å².